The van der Waals surface area contributed by atoms with Crippen LogP contribution in [0.4, 0.5) is 11.4 Å². The highest BCUT2D eigenvalue weighted by molar-refractivity contribution is 5.66. The van der Waals surface area contributed by atoms with Crippen molar-refractivity contribution < 1.29 is 4.92 Å². The summed E-state index contributed by atoms with van der Waals surface area (Å²) in [5, 5.41) is 30.8. The number of nitro groups is 1. The van der Waals surface area contributed by atoms with Crippen LogP contribution in [0.3, 0.4) is 0 Å². The van der Waals surface area contributed by atoms with E-state index < -0.39 is 4.92 Å². The molecule has 0 heterocycles. The predicted octanol–water partition coefficient (Wildman–Crippen LogP) is 2.55. The third-order valence-electron chi connectivity index (χ3n) is 2.44. The molecule has 1 N–H and O–H groups in total. The molecule has 0 aliphatic carbocycles. The van der Waals surface area contributed by atoms with E-state index in [0.717, 1.165) is 5.56 Å². The van der Waals surface area contributed by atoms with Gasteiger partial charge in [0.05, 0.1) is 16.2 Å². The maximum absolute atomic E-state index is 10.8. The number of hydrogen-bond donors (Lipinski definition) is 1. The summed E-state index contributed by atoms with van der Waals surface area (Å²) in [5.74, 6) is 0. The lowest BCUT2D eigenvalue weighted by molar-refractivity contribution is -0.385. The molecule has 18 heavy (non-hydrogen) atoms. The molecule has 0 fully saturated rings. The number of allylic oxidation sites excluding steroid dienone is 1. The number of nitrogens with zero attached hydrogens (tertiary/aromatic N) is 3. The van der Waals surface area contributed by atoms with E-state index in [2.05, 4.69) is 5.32 Å². The lowest BCUT2D eigenvalue weighted by Crippen LogP contribution is -2.00. The number of nitro benzene ring substituents is 1. The van der Waals surface area contributed by atoms with Gasteiger partial charge in [-0.25, -0.2) is 0 Å². The second-order valence-electron chi connectivity index (χ2n) is 3.58. The first-order valence-corrected chi connectivity index (χ1v) is 5.02. The molecule has 0 unspecified atom stereocenters. The van der Waals surface area contributed by atoms with Crippen molar-refractivity contribution in [2.24, 2.45) is 0 Å². The maximum atomic E-state index is 10.8. The molecule has 90 valence electrons. The zero-order chi connectivity index (χ0) is 13.7. The Morgan fingerprint density at radius 3 is 2.50 bits per heavy atom. The minimum atomic E-state index is -0.473. The number of benzene rings is 1. The minimum absolute atomic E-state index is 0.00744. The SMILES string of the molecule is Cc1ccc([N+](=O)[O-])c(C)c1NC=C(C#N)C#N. The van der Waals surface area contributed by atoms with Crippen LogP contribution in [0.25, 0.3) is 0 Å². The van der Waals surface area contributed by atoms with Gasteiger partial charge in [0, 0.05) is 12.3 Å². The number of hydrogen-bond acceptors (Lipinski definition) is 5. The molecule has 0 bridgehead atoms. The minimum Gasteiger partial charge on any atom is -0.359 e. The molecule has 0 aliphatic heterocycles. The van der Waals surface area contributed by atoms with Gasteiger partial charge in [0.25, 0.3) is 5.69 Å². The topological polar surface area (TPSA) is 103 Å². The highest BCUT2D eigenvalue weighted by Gasteiger charge is 2.14. The van der Waals surface area contributed by atoms with Gasteiger partial charge in [0.1, 0.15) is 17.7 Å². The van der Waals surface area contributed by atoms with Crippen LogP contribution < -0.4 is 5.32 Å². The van der Waals surface area contributed by atoms with Crippen LogP contribution in [0.5, 0.6) is 0 Å². The Morgan fingerprint density at radius 1 is 1.39 bits per heavy atom. The molecule has 6 heteroatoms. The molecular weight excluding hydrogens is 232 g/mol. The summed E-state index contributed by atoms with van der Waals surface area (Å²) in [6.07, 6.45) is 1.24. The van der Waals surface area contributed by atoms with Gasteiger partial charge in [-0.2, -0.15) is 10.5 Å². The normalized spacial score (nSPS) is 8.89. The molecule has 0 atom stereocenters. The van der Waals surface area contributed by atoms with Gasteiger partial charge in [-0.15, -0.1) is 0 Å². The fraction of sp³-hybridized carbons (Fsp3) is 0.167. The monoisotopic (exact) mass is 242 g/mol. The summed E-state index contributed by atoms with van der Waals surface area (Å²) in [7, 11) is 0. The van der Waals surface area contributed by atoms with E-state index >= 15 is 0 Å². The van der Waals surface area contributed by atoms with E-state index in [1.165, 1.54) is 12.3 Å². The Balaban J connectivity index is 3.22. The number of aryl methyl sites for hydroxylation is 1. The van der Waals surface area contributed by atoms with Gasteiger partial charge in [-0.1, -0.05) is 6.07 Å². The summed E-state index contributed by atoms with van der Waals surface area (Å²) in [5.41, 5.74) is 1.69. The molecule has 0 spiro atoms. The Kier molecular flexibility index (Phi) is 4.01. The van der Waals surface area contributed by atoms with E-state index in [9.17, 15) is 10.1 Å². The summed E-state index contributed by atoms with van der Waals surface area (Å²) in [4.78, 5) is 10.3. The fourth-order valence-corrected chi connectivity index (χ4v) is 1.49. The standard InChI is InChI=1S/C12H10N4O2/c1-8-3-4-11(16(17)18)9(2)12(8)15-7-10(5-13)6-14/h3-4,7,15H,1-2H3. The van der Waals surface area contributed by atoms with E-state index in [1.807, 2.05) is 0 Å². The molecule has 0 radical (unpaired) electrons. The Labute approximate surface area is 104 Å². The Morgan fingerprint density at radius 2 is 2.00 bits per heavy atom. The van der Waals surface area contributed by atoms with Crippen LogP contribution in [0, 0.1) is 46.6 Å². The van der Waals surface area contributed by atoms with Crippen molar-refractivity contribution in [3.63, 3.8) is 0 Å². The third-order valence-corrected chi connectivity index (χ3v) is 2.44. The predicted molar refractivity (Wildman–Crippen MR) is 65.5 cm³/mol. The first kappa shape index (κ1) is 13.2. The molecule has 0 saturated heterocycles. The van der Waals surface area contributed by atoms with Crippen molar-refractivity contribution in [1.29, 1.82) is 10.5 Å². The third kappa shape index (κ3) is 2.63. The van der Waals surface area contributed by atoms with Gasteiger partial charge < -0.3 is 5.32 Å². The molecule has 0 saturated carbocycles. The van der Waals surface area contributed by atoms with E-state index in [1.54, 1.807) is 32.1 Å². The summed E-state index contributed by atoms with van der Waals surface area (Å²) in [6.45, 7) is 3.39. The molecule has 0 aromatic heterocycles. The largest absolute Gasteiger partial charge is 0.359 e. The van der Waals surface area contributed by atoms with Gasteiger partial charge in [-0.3, -0.25) is 10.1 Å². The first-order chi connectivity index (χ1) is 8.51. The summed E-state index contributed by atoms with van der Waals surface area (Å²) < 4.78 is 0. The van der Waals surface area contributed by atoms with Crippen molar-refractivity contribution in [2.45, 2.75) is 13.8 Å². The average Bonchev–Trinajstić information content (AvgIpc) is 2.33. The van der Waals surface area contributed by atoms with Crippen molar-refractivity contribution in [2.75, 3.05) is 5.32 Å². The van der Waals surface area contributed by atoms with Crippen LogP contribution in [-0.4, -0.2) is 4.92 Å². The molecule has 1 aromatic carbocycles. The lowest BCUT2D eigenvalue weighted by atomic mass is 10.1. The van der Waals surface area contributed by atoms with Crippen LogP contribution >= 0.6 is 0 Å². The number of nitriles is 2. The molecule has 1 aromatic rings. The highest BCUT2D eigenvalue weighted by atomic mass is 16.6. The molecule has 1 rings (SSSR count). The van der Waals surface area contributed by atoms with Crippen LogP contribution in [0.1, 0.15) is 11.1 Å². The number of nitrogens with one attached hydrogen (secondary N) is 1. The van der Waals surface area contributed by atoms with Crippen molar-refractivity contribution in [1.82, 2.24) is 0 Å². The van der Waals surface area contributed by atoms with Crippen LogP contribution in [-0.2, 0) is 0 Å². The lowest BCUT2D eigenvalue weighted by Gasteiger charge is -2.09. The van der Waals surface area contributed by atoms with Crippen molar-refractivity contribution in [3.8, 4) is 12.1 Å². The van der Waals surface area contributed by atoms with Crippen molar-refractivity contribution in [3.05, 3.63) is 45.1 Å². The van der Waals surface area contributed by atoms with Gasteiger partial charge in [0.15, 0.2) is 0 Å². The summed E-state index contributed by atoms with van der Waals surface area (Å²) in [6, 6.07) is 6.44. The Bertz CT molecular complexity index is 590. The number of rotatable bonds is 3. The van der Waals surface area contributed by atoms with Gasteiger partial charge in [-0.05, 0) is 19.4 Å². The van der Waals surface area contributed by atoms with E-state index in [-0.39, 0.29) is 11.3 Å². The fourth-order valence-electron chi connectivity index (χ4n) is 1.49. The molecule has 6 nitrogen and oxygen atoms in total. The zero-order valence-electron chi connectivity index (χ0n) is 9.89. The smallest absolute Gasteiger partial charge is 0.274 e. The Hall–Kier alpha value is -2.86. The zero-order valence-corrected chi connectivity index (χ0v) is 9.89. The van der Waals surface area contributed by atoms with Crippen LogP contribution in [0.2, 0.25) is 0 Å². The van der Waals surface area contributed by atoms with Gasteiger partial charge >= 0.3 is 0 Å². The summed E-state index contributed by atoms with van der Waals surface area (Å²) >= 11 is 0. The van der Waals surface area contributed by atoms with E-state index in [0.29, 0.717) is 11.3 Å². The average molecular weight is 242 g/mol. The molecule has 0 aliphatic rings. The highest BCUT2D eigenvalue weighted by Crippen LogP contribution is 2.28. The van der Waals surface area contributed by atoms with Crippen molar-refractivity contribution >= 4 is 11.4 Å². The molecular formula is C12H10N4O2. The number of anilines is 1. The quantitative estimate of drug-likeness (QED) is 0.498. The molecule has 0 amide bonds. The van der Waals surface area contributed by atoms with Gasteiger partial charge in [0.2, 0.25) is 0 Å². The van der Waals surface area contributed by atoms with E-state index in [4.69, 9.17) is 10.5 Å². The first-order valence-electron chi connectivity index (χ1n) is 5.02. The van der Waals surface area contributed by atoms with Crippen LogP contribution in [0.15, 0.2) is 23.9 Å². The maximum Gasteiger partial charge on any atom is 0.274 e. The second-order valence-corrected chi connectivity index (χ2v) is 3.58. The second kappa shape index (κ2) is 5.46.